The van der Waals surface area contributed by atoms with E-state index < -0.39 is 6.03 Å². The lowest BCUT2D eigenvalue weighted by Gasteiger charge is -2.13. The zero-order chi connectivity index (χ0) is 6.69. The average Bonchev–Trinajstić information content (AvgIpc) is 1.88. The van der Waals surface area contributed by atoms with Gasteiger partial charge in [-0.15, -0.1) is 0 Å². The first-order valence-electron chi connectivity index (χ1n) is 2.22. The van der Waals surface area contributed by atoms with Crippen molar-refractivity contribution in [1.82, 2.24) is 10.8 Å². The van der Waals surface area contributed by atoms with Crippen LogP contribution in [0.25, 0.3) is 0 Å². The van der Waals surface area contributed by atoms with Crippen LogP contribution in [0.15, 0.2) is 5.16 Å². The number of urea groups is 1. The van der Waals surface area contributed by atoms with Gasteiger partial charge in [0.25, 0.3) is 0 Å². The Morgan fingerprint density at radius 2 is 2.56 bits per heavy atom. The van der Waals surface area contributed by atoms with E-state index in [9.17, 15) is 4.79 Å². The largest absolute Gasteiger partial charge is 0.409 e. The van der Waals surface area contributed by atoms with E-state index in [-0.39, 0.29) is 12.4 Å². The molecule has 1 aliphatic rings. The van der Waals surface area contributed by atoms with Gasteiger partial charge in [0.2, 0.25) is 0 Å². The van der Waals surface area contributed by atoms with Crippen molar-refractivity contribution < 1.29 is 14.8 Å². The highest BCUT2D eigenvalue weighted by Crippen LogP contribution is 1.81. The van der Waals surface area contributed by atoms with Crippen LogP contribution in [-0.4, -0.2) is 23.7 Å². The Hall–Kier alpha value is -1.30. The van der Waals surface area contributed by atoms with E-state index in [2.05, 4.69) is 15.3 Å². The molecule has 1 rings (SSSR count). The molecule has 1 aliphatic heterocycles. The summed E-state index contributed by atoms with van der Waals surface area (Å²) in [6.07, 6.45) is 0. The highest BCUT2D eigenvalue weighted by Gasteiger charge is 2.12. The third-order valence-electron chi connectivity index (χ3n) is 0.752. The lowest BCUT2D eigenvalue weighted by Crippen LogP contribution is -2.48. The molecule has 0 radical (unpaired) electrons. The first-order valence-corrected chi connectivity index (χ1v) is 2.22. The monoisotopic (exact) mass is 131 g/mol. The normalized spacial score (nSPS) is 23.1. The predicted octanol–water partition coefficient (Wildman–Crippen LogP) is -0.982. The maximum atomic E-state index is 10.3. The molecule has 0 atom stereocenters. The van der Waals surface area contributed by atoms with E-state index in [1.54, 1.807) is 0 Å². The minimum Gasteiger partial charge on any atom is -0.409 e. The fourth-order valence-corrected chi connectivity index (χ4v) is 0.417. The third-order valence-corrected chi connectivity index (χ3v) is 0.752. The van der Waals surface area contributed by atoms with Gasteiger partial charge < -0.3 is 5.21 Å². The first kappa shape index (κ1) is 5.83. The van der Waals surface area contributed by atoms with E-state index in [1.165, 1.54) is 0 Å². The number of carbonyl (C=O) groups excluding carboxylic acids is 1. The number of rotatable bonds is 0. The molecule has 0 unspecified atom stereocenters. The summed E-state index contributed by atoms with van der Waals surface area (Å²) in [5.74, 6) is 0.0961. The summed E-state index contributed by atoms with van der Waals surface area (Å²) in [7, 11) is 0. The summed E-state index contributed by atoms with van der Waals surface area (Å²) in [5, 5.41) is 13.0. The van der Waals surface area contributed by atoms with Gasteiger partial charge in [-0.3, -0.25) is 10.2 Å². The molecule has 50 valence electrons. The molecule has 0 saturated carbocycles. The van der Waals surface area contributed by atoms with Gasteiger partial charge in [-0.25, -0.2) is 10.3 Å². The van der Waals surface area contributed by atoms with Crippen molar-refractivity contribution in [3.8, 4) is 0 Å². The zero-order valence-electron chi connectivity index (χ0n) is 4.42. The Morgan fingerprint density at radius 3 is 3.00 bits per heavy atom. The van der Waals surface area contributed by atoms with Crippen LogP contribution in [-0.2, 0) is 4.84 Å². The molecule has 6 nitrogen and oxygen atoms in total. The molecule has 9 heavy (non-hydrogen) atoms. The zero-order valence-corrected chi connectivity index (χ0v) is 4.42. The smallest absolute Gasteiger partial charge is 0.344 e. The Bertz CT molecular complexity index is 154. The Kier molecular flexibility index (Phi) is 1.50. The standard InChI is InChI=1S/C3H5N3O3/c7-3-4-2(5-8)1-9-6-3/h8H,1H2,(H2,4,5,6,7). The maximum Gasteiger partial charge on any atom is 0.344 e. The van der Waals surface area contributed by atoms with Gasteiger partial charge in [-0.05, 0) is 0 Å². The average molecular weight is 131 g/mol. The molecule has 0 bridgehead atoms. The van der Waals surface area contributed by atoms with Crippen molar-refractivity contribution in [3.63, 3.8) is 0 Å². The molecule has 6 heteroatoms. The van der Waals surface area contributed by atoms with Crippen molar-refractivity contribution in [1.29, 1.82) is 0 Å². The van der Waals surface area contributed by atoms with Crippen LogP contribution >= 0.6 is 0 Å². The number of amides is 2. The van der Waals surface area contributed by atoms with Crippen LogP contribution in [0.2, 0.25) is 0 Å². The number of carbonyl (C=O) groups is 1. The Balaban J connectivity index is 2.51. The van der Waals surface area contributed by atoms with Crippen LogP contribution < -0.4 is 10.8 Å². The van der Waals surface area contributed by atoms with Gasteiger partial charge >= 0.3 is 6.03 Å². The van der Waals surface area contributed by atoms with E-state index in [1.807, 2.05) is 5.48 Å². The molecule has 1 saturated heterocycles. The summed E-state index contributed by atoms with van der Waals surface area (Å²) in [5.41, 5.74) is 2.00. The number of oxime groups is 1. The lowest BCUT2D eigenvalue weighted by molar-refractivity contribution is 0.0765. The second-order valence-corrected chi connectivity index (χ2v) is 1.39. The molecule has 1 fully saturated rings. The highest BCUT2D eigenvalue weighted by atomic mass is 16.7. The minimum absolute atomic E-state index is 0.0578. The first-order chi connectivity index (χ1) is 4.33. The fourth-order valence-electron chi connectivity index (χ4n) is 0.417. The molecular formula is C3H5N3O3. The van der Waals surface area contributed by atoms with Crippen molar-refractivity contribution in [2.45, 2.75) is 0 Å². The van der Waals surface area contributed by atoms with Gasteiger partial charge in [-0.2, -0.15) is 0 Å². The second-order valence-electron chi connectivity index (χ2n) is 1.39. The Labute approximate surface area is 50.4 Å². The number of nitrogens with zero attached hydrogens (tertiary/aromatic N) is 1. The maximum absolute atomic E-state index is 10.3. The molecule has 0 aromatic heterocycles. The summed E-state index contributed by atoms with van der Waals surface area (Å²) >= 11 is 0. The van der Waals surface area contributed by atoms with Crippen molar-refractivity contribution in [2.75, 3.05) is 6.61 Å². The summed E-state index contributed by atoms with van der Waals surface area (Å²) in [6.45, 7) is 0.0578. The Morgan fingerprint density at radius 1 is 1.78 bits per heavy atom. The third kappa shape index (κ3) is 1.29. The van der Waals surface area contributed by atoms with Gasteiger partial charge in [-0.1, -0.05) is 5.16 Å². The van der Waals surface area contributed by atoms with Crippen LogP contribution in [0.5, 0.6) is 0 Å². The molecular weight excluding hydrogens is 126 g/mol. The fraction of sp³-hybridized carbons (Fsp3) is 0.333. The minimum atomic E-state index is -0.533. The second kappa shape index (κ2) is 2.31. The van der Waals surface area contributed by atoms with E-state index >= 15 is 0 Å². The van der Waals surface area contributed by atoms with Gasteiger partial charge in [0.05, 0.1) is 0 Å². The molecule has 0 aliphatic carbocycles. The van der Waals surface area contributed by atoms with Crippen molar-refractivity contribution >= 4 is 11.9 Å². The number of hydrogen-bond donors (Lipinski definition) is 3. The lowest BCUT2D eigenvalue weighted by atomic mass is 10.6. The summed E-state index contributed by atoms with van der Waals surface area (Å²) < 4.78 is 0. The molecule has 3 N–H and O–H groups in total. The molecule has 0 aromatic carbocycles. The van der Waals surface area contributed by atoms with Crippen molar-refractivity contribution in [3.05, 3.63) is 0 Å². The predicted molar refractivity (Wildman–Crippen MR) is 26.8 cm³/mol. The van der Waals surface area contributed by atoms with Crippen LogP contribution in [0.1, 0.15) is 0 Å². The topological polar surface area (TPSA) is 83.0 Å². The van der Waals surface area contributed by atoms with Crippen LogP contribution in [0, 0.1) is 0 Å². The van der Waals surface area contributed by atoms with E-state index in [0.717, 1.165) is 0 Å². The SMILES string of the molecule is O=C1NOCC(=NO)N1. The van der Waals surface area contributed by atoms with Crippen LogP contribution in [0.4, 0.5) is 4.79 Å². The quantitative estimate of drug-likeness (QED) is 0.292. The van der Waals surface area contributed by atoms with Crippen LogP contribution in [0.3, 0.4) is 0 Å². The number of hydroxylamine groups is 1. The molecule has 0 spiro atoms. The number of hydrogen-bond acceptors (Lipinski definition) is 4. The molecule has 0 aromatic rings. The van der Waals surface area contributed by atoms with E-state index in [4.69, 9.17) is 5.21 Å². The number of amidine groups is 1. The van der Waals surface area contributed by atoms with Gasteiger partial charge in [0, 0.05) is 0 Å². The summed E-state index contributed by atoms with van der Waals surface area (Å²) in [6, 6.07) is -0.533. The highest BCUT2D eigenvalue weighted by molar-refractivity contribution is 5.98. The van der Waals surface area contributed by atoms with E-state index in [0.29, 0.717) is 0 Å². The summed E-state index contributed by atoms with van der Waals surface area (Å²) in [4.78, 5) is 14.7. The number of nitrogens with one attached hydrogen (secondary N) is 2. The van der Waals surface area contributed by atoms with Gasteiger partial charge in [0.15, 0.2) is 5.84 Å². The molecule has 2 amide bonds. The van der Waals surface area contributed by atoms with Crippen molar-refractivity contribution in [2.24, 2.45) is 5.16 Å². The van der Waals surface area contributed by atoms with Gasteiger partial charge in [0.1, 0.15) is 6.61 Å². The molecule has 1 heterocycles.